The first kappa shape index (κ1) is 37.8. The Bertz CT molecular complexity index is 1510. The normalized spacial score (nSPS) is 27.6. The molecule has 3 saturated heterocycles. The summed E-state index contributed by atoms with van der Waals surface area (Å²) in [4.78, 5) is 98.9. The maximum absolute atomic E-state index is 14.4. The third-order valence-electron chi connectivity index (χ3n) is 9.53. The summed E-state index contributed by atoms with van der Waals surface area (Å²) >= 11 is 0. The van der Waals surface area contributed by atoms with Crippen molar-refractivity contribution in [3.05, 3.63) is 60.2 Å². The Morgan fingerprint density at radius 2 is 1.68 bits per heavy atom. The second-order valence-corrected chi connectivity index (χ2v) is 13.1. The molecule has 4 rings (SSSR count). The highest BCUT2D eigenvalue weighted by Gasteiger charge is 2.45. The van der Waals surface area contributed by atoms with E-state index < -0.39 is 90.3 Å². The Morgan fingerprint density at radius 1 is 0.960 bits per heavy atom. The first-order valence-corrected chi connectivity index (χ1v) is 17.1. The van der Waals surface area contributed by atoms with Crippen LogP contribution >= 0.6 is 0 Å². The van der Waals surface area contributed by atoms with E-state index in [2.05, 4.69) is 16.0 Å². The lowest BCUT2D eigenvalue weighted by molar-refractivity contribution is -0.158. The van der Waals surface area contributed by atoms with Gasteiger partial charge in [0.1, 0.15) is 42.9 Å². The molecule has 0 aromatic heterocycles. The Hall–Kier alpha value is -5.01. The van der Waals surface area contributed by atoms with Crippen molar-refractivity contribution >= 4 is 41.4 Å². The quantitative estimate of drug-likeness (QED) is 0.212. The van der Waals surface area contributed by atoms with Crippen LogP contribution in [0.4, 0.5) is 0 Å². The maximum Gasteiger partial charge on any atom is 0.328 e. The molecule has 6 amide bonds. The minimum Gasteiger partial charge on any atom is -0.461 e. The maximum atomic E-state index is 14.4. The van der Waals surface area contributed by atoms with Gasteiger partial charge in [-0.15, -0.1) is 0 Å². The number of nitrogens with zero attached hydrogens (tertiary/aromatic N) is 3. The molecule has 0 radical (unpaired) electrons. The van der Waals surface area contributed by atoms with Crippen LogP contribution in [0.1, 0.15) is 58.9 Å². The van der Waals surface area contributed by atoms with Gasteiger partial charge in [-0.3, -0.25) is 28.8 Å². The number of carbonyl (C=O) groups is 7. The Balaban J connectivity index is 1.68. The molecular formula is C36H48N6O8. The SMILES string of the molecule is CC=CC=CC(=O)NC(Cc1ccccc1)C(=O)NC1COC(=O)C2CCCN2C(=O)C(C)NC(=O)C(C)N(C)C(=O)C2CCC(C)N2C1=O. The number of hydrogen-bond donors (Lipinski definition) is 3. The fraction of sp³-hybridized carbons (Fsp3) is 0.528. The molecule has 50 heavy (non-hydrogen) atoms. The van der Waals surface area contributed by atoms with Crippen molar-refractivity contribution in [2.24, 2.45) is 0 Å². The summed E-state index contributed by atoms with van der Waals surface area (Å²) in [6.45, 7) is 6.32. The summed E-state index contributed by atoms with van der Waals surface area (Å²) in [5, 5.41) is 8.07. The van der Waals surface area contributed by atoms with E-state index in [0.717, 1.165) is 5.56 Å². The highest BCUT2D eigenvalue weighted by molar-refractivity contribution is 5.98. The summed E-state index contributed by atoms with van der Waals surface area (Å²) in [5.41, 5.74) is 0.751. The fourth-order valence-electron chi connectivity index (χ4n) is 6.54. The Kier molecular flexibility index (Phi) is 12.9. The zero-order chi connectivity index (χ0) is 36.5. The second-order valence-electron chi connectivity index (χ2n) is 13.1. The largest absolute Gasteiger partial charge is 0.461 e. The molecular weight excluding hydrogens is 644 g/mol. The van der Waals surface area contributed by atoms with E-state index in [1.807, 2.05) is 6.07 Å². The monoisotopic (exact) mass is 692 g/mol. The summed E-state index contributed by atoms with van der Waals surface area (Å²) in [6.07, 6.45) is 7.94. The minimum atomic E-state index is -1.43. The van der Waals surface area contributed by atoms with Gasteiger partial charge in [0.2, 0.25) is 35.4 Å². The zero-order valence-electron chi connectivity index (χ0n) is 29.3. The number of fused-ring (bicyclic) bond motifs is 2. The number of esters is 1. The van der Waals surface area contributed by atoms with Crippen molar-refractivity contribution in [3.63, 3.8) is 0 Å². The molecule has 0 spiro atoms. The first-order valence-electron chi connectivity index (χ1n) is 17.1. The lowest BCUT2D eigenvalue weighted by Gasteiger charge is -2.36. The van der Waals surface area contributed by atoms with Crippen LogP contribution in [0.2, 0.25) is 0 Å². The zero-order valence-corrected chi connectivity index (χ0v) is 29.3. The smallest absolute Gasteiger partial charge is 0.328 e. The number of rotatable bonds is 7. The molecule has 3 N–H and O–H groups in total. The van der Waals surface area contributed by atoms with E-state index in [4.69, 9.17) is 4.74 Å². The summed E-state index contributed by atoms with van der Waals surface area (Å²) < 4.78 is 5.65. The molecule has 7 unspecified atom stereocenters. The van der Waals surface area contributed by atoms with Gasteiger partial charge in [0, 0.05) is 32.1 Å². The topological polar surface area (TPSA) is 175 Å². The van der Waals surface area contributed by atoms with Crippen molar-refractivity contribution in [2.75, 3.05) is 20.2 Å². The number of cyclic esters (lactones) is 1. The fourth-order valence-corrected chi connectivity index (χ4v) is 6.54. The third kappa shape index (κ3) is 8.96. The molecule has 0 aliphatic carbocycles. The average Bonchev–Trinajstić information content (AvgIpc) is 3.75. The standard InChI is InChI=1S/C36H48N6O8/c1-6-7-9-16-30(43)38-26(20-25-13-10-8-11-14-25)32(45)39-27-21-50-36(49)29-15-12-19-41(29)33(46)23(3)37-31(44)24(4)40(5)35(48)28-18-17-22(2)42(28)34(27)47/h6-11,13-14,16,22-24,26-29H,12,15,17-21H2,1-5H3,(H,37,44)(H,38,43)(H,39,45). The number of likely N-dealkylation sites (N-methyl/N-ethyl adjacent to an activating group) is 1. The van der Waals surface area contributed by atoms with Gasteiger partial charge in [-0.25, -0.2) is 4.79 Å². The van der Waals surface area contributed by atoms with Gasteiger partial charge in [-0.2, -0.15) is 0 Å². The molecule has 3 aliphatic heterocycles. The van der Waals surface area contributed by atoms with Gasteiger partial charge >= 0.3 is 5.97 Å². The van der Waals surface area contributed by atoms with Gasteiger partial charge < -0.3 is 35.4 Å². The van der Waals surface area contributed by atoms with Crippen LogP contribution in [0.5, 0.6) is 0 Å². The molecule has 3 fully saturated rings. The number of amides is 6. The van der Waals surface area contributed by atoms with E-state index in [1.165, 1.54) is 47.7 Å². The van der Waals surface area contributed by atoms with Crippen molar-refractivity contribution < 1.29 is 38.3 Å². The van der Waals surface area contributed by atoms with Crippen LogP contribution in [0.25, 0.3) is 0 Å². The van der Waals surface area contributed by atoms with Gasteiger partial charge in [-0.1, -0.05) is 48.6 Å². The number of allylic oxidation sites excluding steroid dienone is 3. The number of ether oxygens (including phenoxy) is 1. The Morgan fingerprint density at radius 3 is 2.38 bits per heavy atom. The van der Waals surface area contributed by atoms with E-state index in [1.54, 1.807) is 50.3 Å². The van der Waals surface area contributed by atoms with Crippen molar-refractivity contribution in [2.45, 2.75) is 102 Å². The van der Waals surface area contributed by atoms with Gasteiger partial charge in [0.15, 0.2) is 0 Å². The van der Waals surface area contributed by atoms with E-state index >= 15 is 0 Å². The van der Waals surface area contributed by atoms with Crippen LogP contribution in [0, 0.1) is 0 Å². The average molecular weight is 693 g/mol. The number of carbonyl (C=O) groups excluding carboxylic acids is 7. The predicted molar refractivity (Wildman–Crippen MR) is 183 cm³/mol. The molecule has 3 aliphatic rings. The number of nitrogens with one attached hydrogen (secondary N) is 3. The second kappa shape index (κ2) is 17.1. The van der Waals surface area contributed by atoms with Crippen LogP contribution < -0.4 is 16.0 Å². The lowest BCUT2D eigenvalue weighted by atomic mass is 10.0. The van der Waals surface area contributed by atoms with Gasteiger partial charge in [-0.05, 0) is 58.9 Å². The van der Waals surface area contributed by atoms with E-state index in [9.17, 15) is 33.6 Å². The highest BCUT2D eigenvalue weighted by atomic mass is 16.5. The summed E-state index contributed by atoms with van der Waals surface area (Å²) in [5.74, 6) is -4.17. The third-order valence-corrected chi connectivity index (χ3v) is 9.53. The van der Waals surface area contributed by atoms with E-state index in [-0.39, 0.29) is 13.0 Å². The summed E-state index contributed by atoms with van der Waals surface area (Å²) in [6, 6.07) is 2.21. The number of hydrogen-bond acceptors (Lipinski definition) is 8. The van der Waals surface area contributed by atoms with Crippen LogP contribution in [-0.4, -0.2) is 119 Å². The molecule has 1 aromatic rings. The van der Waals surface area contributed by atoms with Crippen LogP contribution in [-0.2, 0) is 44.7 Å². The molecule has 14 nitrogen and oxygen atoms in total. The molecule has 270 valence electrons. The van der Waals surface area contributed by atoms with Crippen molar-refractivity contribution in [3.8, 4) is 0 Å². The molecule has 0 saturated carbocycles. The molecule has 7 atom stereocenters. The minimum absolute atomic E-state index is 0.0971. The van der Waals surface area contributed by atoms with Crippen molar-refractivity contribution in [1.82, 2.24) is 30.7 Å². The van der Waals surface area contributed by atoms with Gasteiger partial charge in [0.25, 0.3) is 0 Å². The lowest BCUT2D eigenvalue weighted by Crippen LogP contribution is -2.61. The number of benzene rings is 1. The molecule has 3 heterocycles. The highest BCUT2D eigenvalue weighted by Crippen LogP contribution is 2.27. The van der Waals surface area contributed by atoms with Crippen LogP contribution in [0.15, 0.2) is 54.6 Å². The van der Waals surface area contributed by atoms with Crippen LogP contribution in [0.3, 0.4) is 0 Å². The first-order chi connectivity index (χ1) is 23.8. The van der Waals surface area contributed by atoms with Gasteiger partial charge in [0.05, 0.1) is 0 Å². The molecule has 1 aromatic carbocycles. The van der Waals surface area contributed by atoms with E-state index in [0.29, 0.717) is 25.7 Å². The predicted octanol–water partition coefficient (Wildman–Crippen LogP) is 0.610. The summed E-state index contributed by atoms with van der Waals surface area (Å²) in [7, 11) is 1.47. The Labute approximate surface area is 292 Å². The molecule has 0 bridgehead atoms. The molecule has 14 heteroatoms. The van der Waals surface area contributed by atoms with Crippen molar-refractivity contribution in [1.29, 1.82) is 0 Å².